The van der Waals surface area contributed by atoms with Gasteiger partial charge >= 0.3 is 0 Å². The summed E-state index contributed by atoms with van der Waals surface area (Å²) in [4.78, 5) is 0. The molecular weight excluding hydrogens is 218 g/mol. The molecule has 0 radical (unpaired) electrons. The Labute approximate surface area is 101 Å². The number of rotatable bonds is 4. The van der Waals surface area contributed by atoms with Crippen molar-refractivity contribution in [3.05, 3.63) is 22.4 Å². The number of thiophene rings is 1. The van der Waals surface area contributed by atoms with E-state index in [4.69, 9.17) is 5.73 Å². The van der Waals surface area contributed by atoms with Crippen LogP contribution in [0.2, 0.25) is 0 Å². The lowest BCUT2D eigenvalue weighted by molar-refractivity contribution is -0.0115. The number of hydrogen-bond acceptors (Lipinski definition) is 3. The first-order valence-corrected chi connectivity index (χ1v) is 7.10. The van der Waals surface area contributed by atoms with Crippen molar-refractivity contribution in [3.8, 4) is 0 Å². The average Bonchev–Trinajstić information content (AvgIpc) is 2.82. The van der Waals surface area contributed by atoms with Crippen LogP contribution in [-0.2, 0) is 6.42 Å². The fraction of sp³-hybridized carbons (Fsp3) is 0.692. The summed E-state index contributed by atoms with van der Waals surface area (Å²) >= 11 is 1.74. The van der Waals surface area contributed by atoms with Crippen LogP contribution in [0.5, 0.6) is 0 Å². The van der Waals surface area contributed by atoms with E-state index in [0.29, 0.717) is 6.54 Å². The van der Waals surface area contributed by atoms with Crippen LogP contribution in [0.25, 0.3) is 0 Å². The molecule has 0 amide bonds. The molecule has 2 unspecified atom stereocenters. The molecule has 2 nitrogen and oxygen atoms in total. The van der Waals surface area contributed by atoms with Gasteiger partial charge in [0.25, 0.3) is 0 Å². The molecule has 2 atom stereocenters. The smallest absolute Gasteiger partial charge is 0.0608 e. The van der Waals surface area contributed by atoms with Crippen molar-refractivity contribution in [3.63, 3.8) is 0 Å². The standard InChI is InChI=1S/C13H21NOS/c14-10-13(6-2-1-3-12(13)15)7-4-11-5-8-16-9-11/h5,8-9,12,15H,1-4,6-7,10,14H2. The van der Waals surface area contributed by atoms with Crippen molar-refractivity contribution in [1.82, 2.24) is 0 Å². The summed E-state index contributed by atoms with van der Waals surface area (Å²) in [6, 6.07) is 2.17. The summed E-state index contributed by atoms with van der Waals surface area (Å²) in [6.45, 7) is 0.623. The molecule has 1 aromatic heterocycles. The first-order valence-electron chi connectivity index (χ1n) is 6.16. The van der Waals surface area contributed by atoms with Gasteiger partial charge in [0, 0.05) is 12.0 Å². The summed E-state index contributed by atoms with van der Waals surface area (Å²) < 4.78 is 0. The van der Waals surface area contributed by atoms with Gasteiger partial charge in [-0.1, -0.05) is 12.8 Å². The van der Waals surface area contributed by atoms with Gasteiger partial charge in [0.2, 0.25) is 0 Å². The van der Waals surface area contributed by atoms with Crippen molar-refractivity contribution in [2.24, 2.45) is 11.1 Å². The van der Waals surface area contributed by atoms with Crippen molar-refractivity contribution < 1.29 is 5.11 Å². The minimum Gasteiger partial charge on any atom is -0.393 e. The second kappa shape index (κ2) is 5.30. The molecule has 0 saturated heterocycles. The first kappa shape index (κ1) is 12.1. The van der Waals surface area contributed by atoms with Crippen molar-refractivity contribution in [1.29, 1.82) is 0 Å². The molecule has 90 valence electrons. The van der Waals surface area contributed by atoms with Crippen LogP contribution in [0, 0.1) is 5.41 Å². The maximum atomic E-state index is 10.2. The molecule has 0 bridgehead atoms. The van der Waals surface area contributed by atoms with Crippen LogP contribution < -0.4 is 5.73 Å². The van der Waals surface area contributed by atoms with E-state index in [2.05, 4.69) is 16.8 Å². The molecule has 1 aromatic rings. The average molecular weight is 239 g/mol. The van der Waals surface area contributed by atoms with Gasteiger partial charge < -0.3 is 10.8 Å². The number of aliphatic hydroxyl groups is 1. The van der Waals surface area contributed by atoms with Gasteiger partial charge in [0.05, 0.1) is 6.10 Å². The van der Waals surface area contributed by atoms with Gasteiger partial charge in [-0.2, -0.15) is 11.3 Å². The third-order valence-corrected chi connectivity index (χ3v) is 4.74. The fourth-order valence-corrected chi connectivity index (χ4v) is 3.45. The first-order chi connectivity index (χ1) is 7.77. The molecule has 1 heterocycles. The van der Waals surface area contributed by atoms with E-state index < -0.39 is 0 Å². The Bertz CT molecular complexity index is 312. The molecule has 0 aliphatic heterocycles. The molecule has 3 heteroatoms. The molecule has 1 fully saturated rings. The number of hydrogen-bond donors (Lipinski definition) is 2. The normalized spacial score (nSPS) is 30.5. The highest BCUT2D eigenvalue weighted by molar-refractivity contribution is 7.07. The molecule has 1 aliphatic carbocycles. The van der Waals surface area contributed by atoms with Crippen LogP contribution in [0.1, 0.15) is 37.7 Å². The molecule has 0 aromatic carbocycles. The van der Waals surface area contributed by atoms with E-state index in [1.807, 2.05) is 0 Å². The van der Waals surface area contributed by atoms with Gasteiger partial charge in [0.1, 0.15) is 0 Å². The van der Waals surface area contributed by atoms with E-state index in [1.54, 1.807) is 11.3 Å². The van der Waals surface area contributed by atoms with Crippen LogP contribution in [0.15, 0.2) is 16.8 Å². The van der Waals surface area contributed by atoms with E-state index in [0.717, 1.165) is 32.1 Å². The molecule has 2 rings (SSSR count). The topological polar surface area (TPSA) is 46.2 Å². The minimum absolute atomic E-state index is 0.0137. The zero-order valence-electron chi connectivity index (χ0n) is 9.69. The maximum Gasteiger partial charge on any atom is 0.0608 e. The van der Waals surface area contributed by atoms with Crippen molar-refractivity contribution >= 4 is 11.3 Å². The highest BCUT2D eigenvalue weighted by Crippen LogP contribution is 2.39. The minimum atomic E-state index is -0.190. The third kappa shape index (κ3) is 2.47. The van der Waals surface area contributed by atoms with Crippen LogP contribution in [0.4, 0.5) is 0 Å². The Hall–Kier alpha value is -0.380. The quantitative estimate of drug-likeness (QED) is 0.848. The highest BCUT2D eigenvalue weighted by atomic mass is 32.1. The van der Waals surface area contributed by atoms with Crippen molar-refractivity contribution in [2.45, 2.75) is 44.6 Å². The van der Waals surface area contributed by atoms with E-state index in [1.165, 1.54) is 12.0 Å². The van der Waals surface area contributed by atoms with Crippen molar-refractivity contribution in [2.75, 3.05) is 6.54 Å². The summed E-state index contributed by atoms with van der Waals surface area (Å²) in [7, 11) is 0. The monoisotopic (exact) mass is 239 g/mol. The fourth-order valence-electron chi connectivity index (χ4n) is 2.75. The second-order valence-electron chi connectivity index (χ2n) is 4.96. The molecule has 1 aliphatic rings. The molecule has 1 saturated carbocycles. The Morgan fingerprint density at radius 3 is 3.00 bits per heavy atom. The van der Waals surface area contributed by atoms with Crippen LogP contribution in [-0.4, -0.2) is 17.8 Å². The predicted molar refractivity (Wildman–Crippen MR) is 68.6 cm³/mol. The summed E-state index contributed by atoms with van der Waals surface area (Å²) in [5.41, 5.74) is 7.28. The van der Waals surface area contributed by atoms with Crippen LogP contribution in [0.3, 0.4) is 0 Å². The Kier molecular flexibility index (Phi) is 4.00. The SMILES string of the molecule is NCC1(CCc2ccsc2)CCCCC1O. The van der Waals surface area contributed by atoms with Gasteiger partial charge in [-0.3, -0.25) is 0 Å². The molecule has 0 spiro atoms. The van der Waals surface area contributed by atoms with Crippen LogP contribution >= 0.6 is 11.3 Å². The number of aliphatic hydroxyl groups excluding tert-OH is 1. The number of nitrogens with two attached hydrogens (primary N) is 1. The summed E-state index contributed by atoms with van der Waals surface area (Å²) in [6.07, 6.45) is 6.29. The molecule has 16 heavy (non-hydrogen) atoms. The molecular formula is C13H21NOS. The largest absolute Gasteiger partial charge is 0.393 e. The second-order valence-corrected chi connectivity index (χ2v) is 5.74. The van der Waals surface area contributed by atoms with E-state index in [-0.39, 0.29) is 11.5 Å². The molecule has 3 N–H and O–H groups in total. The summed E-state index contributed by atoms with van der Waals surface area (Å²) in [5, 5.41) is 14.5. The maximum absolute atomic E-state index is 10.2. The Balaban J connectivity index is 1.98. The van der Waals surface area contributed by atoms with E-state index in [9.17, 15) is 5.11 Å². The zero-order chi connectivity index (χ0) is 11.4. The number of aryl methyl sites for hydroxylation is 1. The van der Waals surface area contributed by atoms with Gasteiger partial charge in [-0.25, -0.2) is 0 Å². The van der Waals surface area contributed by atoms with Gasteiger partial charge in [-0.15, -0.1) is 0 Å². The third-order valence-electron chi connectivity index (χ3n) is 4.01. The Morgan fingerprint density at radius 2 is 2.38 bits per heavy atom. The van der Waals surface area contributed by atoms with E-state index >= 15 is 0 Å². The summed E-state index contributed by atoms with van der Waals surface area (Å²) in [5.74, 6) is 0. The lowest BCUT2D eigenvalue weighted by atomic mass is 9.69. The highest BCUT2D eigenvalue weighted by Gasteiger charge is 2.38. The lowest BCUT2D eigenvalue weighted by Crippen LogP contribution is -2.44. The predicted octanol–water partition coefficient (Wildman–Crippen LogP) is 2.56. The zero-order valence-corrected chi connectivity index (χ0v) is 10.5. The lowest BCUT2D eigenvalue weighted by Gasteiger charge is -2.41. The van der Waals surface area contributed by atoms with Gasteiger partial charge in [0.15, 0.2) is 0 Å². The van der Waals surface area contributed by atoms with Gasteiger partial charge in [-0.05, 0) is 48.1 Å². The Morgan fingerprint density at radius 1 is 1.50 bits per heavy atom.